The fourth-order valence-electron chi connectivity index (χ4n) is 4.45. The van der Waals surface area contributed by atoms with Crippen molar-refractivity contribution in [3.05, 3.63) is 71.4 Å². The molecule has 0 bridgehead atoms. The molecule has 4 rings (SSSR count). The average molecular weight is 431 g/mol. The highest BCUT2D eigenvalue weighted by molar-refractivity contribution is 6.06. The standard InChI is InChI=1S/C27H30N2O3/c1-27(2,3)18-14-15-23-21(16-18)25(20-12-8-9-13-22(20)28-23)26(31)32-17-24(30)29(4)19-10-6-5-7-11-19/h5-13,18H,14-17H2,1-4H3/t18-/m0/s1. The first kappa shape index (κ1) is 22.0. The third-order valence-electron chi connectivity index (χ3n) is 6.53. The Morgan fingerprint density at radius 1 is 1.06 bits per heavy atom. The van der Waals surface area contributed by atoms with Crippen LogP contribution in [0.3, 0.4) is 0 Å². The minimum absolute atomic E-state index is 0.138. The van der Waals surface area contributed by atoms with Gasteiger partial charge in [0.25, 0.3) is 5.91 Å². The van der Waals surface area contributed by atoms with Crippen LogP contribution in [0, 0.1) is 11.3 Å². The van der Waals surface area contributed by atoms with E-state index in [-0.39, 0.29) is 17.9 Å². The van der Waals surface area contributed by atoms with E-state index in [4.69, 9.17) is 9.72 Å². The predicted molar refractivity (Wildman–Crippen MR) is 127 cm³/mol. The number of carbonyl (C=O) groups excluding carboxylic acids is 2. The molecule has 5 nitrogen and oxygen atoms in total. The second-order valence-corrected chi connectivity index (χ2v) is 9.60. The summed E-state index contributed by atoms with van der Waals surface area (Å²) in [5, 5.41) is 0.787. The van der Waals surface area contributed by atoms with E-state index in [9.17, 15) is 9.59 Å². The zero-order valence-electron chi connectivity index (χ0n) is 19.2. The number of hydrogen-bond acceptors (Lipinski definition) is 4. The predicted octanol–water partition coefficient (Wildman–Crippen LogP) is 5.21. The van der Waals surface area contributed by atoms with Crippen molar-refractivity contribution in [3.8, 4) is 0 Å². The number of carbonyl (C=O) groups is 2. The topological polar surface area (TPSA) is 59.5 Å². The quantitative estimate of drug-likeness (QED) is 0.534. The molecule has 3 aromatic rings. The molecular formula is C27H30N2O3. The van der Waals surface area contributed by atoms with Crippen molar-refractivity contribution in [1.29, 1.82) is 0 Å². The lowest BCUT2D eigenvalue weighted by atomic mass is 9.70. The second-order valence-electron chi connectivity index (χ2n) is 9.60. The zero-order valence-corrected chi connectivity index (χ0v) is 19.2. The van der Waals surface area contributed by atoms with Gasteiger partial charge in [0.15, 0.2) is 6.61 Å². The molecule has 0 unspecified atom stereocenters. The Kier molecular flexibility index (Phi) is 6.00. The van der Waals surface area contributed by atoms with Crippen LogP contribution in [0.2, 0.25) is 0 Å². The van der Waals surface area contributed by atoms with Gasteiger partial charge in [-0.2, -0.15) is 0 Å². The smallest absolute Gasteiger partial charge is 0.339 e. The first-order chi connectivity index (χ1) is 15.3. The molecule has 1 aliphatic carbocycles. The van der Waals surface area contributed by atoms with E-state index in [2.05, 4.69) is 20.8 Å². The summed E-state index contributed by atoms with van der Waals surface area (Å²) in [6, 6.07) is 17.0. The number of rotatable bonds is 4. The van der Waals surface area contributed by atoms with Crippen LogP contribution in [0.5, 0.6) is 0 Å². The highest BCUT2D eigenvalue weighted by Crippen LogP contribution is 2.39. The number of fused-ring (bicyclic) bond motifs is 2. The molecule has 0 spiro atoms. The van der Waals surface area contributed by atoms with Gasteiger partial charge in [-0.15, -0.1) is 0 Å². The number of esters is 1. The van der Waals surface area contributed by atoms with Gasteiger partial charge in [0.05, 0.1) is 11.1 Å². The van der Waals surface area contributed by atoms with Crippen molar-refractivity contribution < 1.29 is 14.3 Å². The SMILES string of the molecule is CN(C(=O)COC(=O)c1c2c(nc3ccccc13)CC[C@H](C(C)(C)C)C2)c1ccccc1. The highest BCUT2D eigenvalue weighted by Gasteiger charge is 2.33. The third kappa shape index (κ3) is 4.38. The third-order valence-corrected chi connectivity index (χ3v) is 6.53. The number of hydrogen-bond donors (Lipinski definition) is 0. The Hall–Kier alpha value is -3.21. The lowest BCUT2D eigenvalue weighted by molar-refractivity contribution is -0.121. The molecule has 1 aromatic heterocycles. The number of para-hydroxylation sites is 2. The van der Waals surface area contributed by atoms with Crippen LogP contribution in [0.4, 0.5) is 5.69 Å². The molecule has 1 aliphatic rings. The van der Waals surface area contributed by atoms with Gasteiger partial charge >= 0.3 is 5.97 Å². The van der Waals surface area contributed by atoms with Gasteiger partial charge in [-0.3, -0.25) is 9.78 Å². The summed E-state index contributed by atoms with van der Waals surface area (Å²) >= 11 is 0. The van der Waals surface area contributed by atoms with E-state index in [0.717, 1.165) is 47.1 Å². The number of pyridine rings is 1. The van der Waals surface area contributed by atoms with E-state index < -0.39 is 5.97 Å². The molecule has 32 heavy (non-hydrogen) atoms. The fraction of sp³-hybridized carbons (Fsp3) is 0.370. The Morgan fingerprint density at radius 3 is 2.47 bits per heavy atom. The van der Waals surface area contributed by atoms with Crippen LogP contribution in [-0.2, 0) is 22.4 Å². The van der Waals surface area contributed by atoms with Gasteiger partial charge in [-0.25, -0.2) is 4.79 Å². The molecule has 0 fully saturated rings. The van der Waals surface area contributed by atoms with E-state index in [1.807, 2.05) is 54.6 Å². The summed E-state index contributed by atoms with van der Waals surface area (Å²) in [7, 11) is 1.68. The van der Waals surface area contributed by atoms with Crippen molar-refractivity contribution in [2.75, 3.05) is 18.6 Å². The molecule has 1 heterocycles. The van der Waals surface area contributed by atoms with Crippen LogP contribution >= 0.6 is 0 Å². The Bertz CT molecular complexity index is 1150. The van der Waals surface area contributed by atoms with Crippen molar-refractivity contribution >= 4 is 28.5 Å². The normalized spacial score (nSPS) is 15.8. The summed E-state index contributed by atoms with van der Waals surface area (Å²) in [5.41, 5.74) is 4.20. The maximum absolute atomic E-state index is 13.3. The lowest BCUT2D eigenvalue weighted by Gasteiger charge is -2.35. The minimum Gasteiger partial charge on any atom is -0.452 e. The lowest BCUT2D eigenvalue weighted by Crippen LogP contribution is -2.32. The van der Waals surface area contributed by atoms with Crippen molar-refractivity contribution in [2.45, 2.75) is 40.0 Å². The first-order valence-electron chi connectivity index (χ1n) is 11.1. The van der Waals surface area contributed by atoms with Gasteiger partial charge in [0, 0.05) is 23.8 Å². The van der Waals surface area contributed by atoms with Gasteiger partial charge in [-0.05, 0) is 54.4 Å². The number of aryl methyl sites for hydroxylation is 1. The molecule has 166 valence electrons. The number of benzene rings is 2. The fourth-order valence-corrected chi connectivity index (χ4v) is 4.45. The summed E-state index contributed by atoms with van der Waals surface area (Å²) in [4.78, 5) is 32.3. The summed E-state index contributed by atoms with van der Waals surface area (Å²) in [5.74, 6) is -0.274. The zero-order chi connectivity index (χ0) is 22.9. The Morgan fingerprint density at radius 2 is 1.75 bits per heavy atom. The molecule has 1 atom stereocenters. The Balaban J connectivity index is 1.63. The maximum atomic E-state index is 13.3. The van der Waals surface area contributed by atoms with Gasteiger partial charge in [0.1, 0.15) is 0 Å². The summed E-state index contributed by atoms with van der Waals surface area (Å²) in [6.45, 7) is 6.42. The Labute approximate surface area is 189 Å². The van der Waals surface area contributed by atoms with Crippen LogP contribution in [-0.4, -0.2) is 30.5 Å². The number of nitrogens with zero attached hydrogens (tertiary/aromatic N) is 2. The van der Waals surface area contributed by atoms with E-state index >= 15 is 0 Å². The number of anilines is 1. The first-order valence-corrected chi connectivity index (χ1v) is 11.1. The molecule has 0 saturated carbocycles. The van der Waals surface area contributed by atoms with Crippen LogP contribution in [0.15, 0.2) is 54.6 Å². The molecule has 2 aromatic carbocycles. The highest BCUT2D eigenvalue weighted by atomic mass is 16.5. The van der Waals surface area contributed by atoms with E-state index in [1.165, 1.54) is 4.90 Å². The summed E-state index contributed by atoms with van der Waals surface area (Å²) in [6.07, 6.45) is 2.69. The molecule has 0 saturated heterocycles. The monoisotopic (exact) mass is 430 g/mol. The number of amides is 1. The molecule has 1 amide bonds. The van der Waals surface area contributed by atoms with Crippen LogP contribution in [0.1, 0.15) is 48.8 Å². The molecule has 0 N–H and O–H groups in total. The molecule has 0 radical (unpaired) electrons. The number of likely N-dealkylation sites (N-methyl/N-ethyl adjacent to an activating group) is 1. The van der Waals surface area contributed by atoms with E-state index in [0.29, 0.717) is 11.5 Å². The molecule has 0 aliphatic heterocycles. The van der Waals surface area contributed by atoms with Crippen molar-refractivity contribution in [3.63, 3.8) is 0 Å². The second kappa shape index (κ2) is 8.73. The molecular weight excluding hydrogens is 400 g/mol. The van der Waals surface area contributed by atoms with Crippen molar-refractivity contribution in [1.82, 2.24) is 4.98 Å². The van der Waals surface area contributed by atoms with E-state index in [1.54, 1.807) is 7.05 Å². The largest absolute Gasteiger partial charge is 0.452 e. The summed E-state index contributed by atoms with van der Waals surface area (Å²) < 4.78 is 5.57. The number of ether oxygens (including phenoxy) is 1. The van der Waals surface area contributed by atoms with Crippen molar-refractivity contribution in [2.24, 2.45) is 11.3 Å². The van der Waals surface area contributed by atoms with Crippen LogP contribution < -0.4 is 4.90 Å². The van der Waals surface area contributed by atoms with Gasteiger partial charge in [-0.1, -0.05) is 57.2 Å². The number of aromatic nitrogens is 1. The van der Waals surface area contributed by atoms with Gasteiger partial charge < -0.3 is 9.64 Å². The van der Waals surface area contributed by atoms with Crippen LogP contribution in [0.25, 0.3) is 10.9 Å². The maximum Gasteiger partial charge on any atom is 0.339 e. The molecule has 5 heteroatoms. The average Bonchev–Trinajstić information content (AvgIpc) is 2.79. The van der Waals surface area contributed by atoms with Gasteiger partial charge in [0.2, 0.25) is 0 Å². The minimum atomic E-state index is -0.454.